The third-order valence-electron chi connectivity index (χ3n) is 4.42. The van der Waals surface area contributed by atoms with Crippen molar-refractivity contribution in [1.82, 2.24) is 15.2 Å². The van der Waals surface area contributed by atoms with Gasteiger partial charge in [-0.1, -0.05) is 23.2 Å². The quantitative estimate of drug-likeness (QED) is 0.262. The first-order chi connectivity index (χ1) is 17.6. The van der Waals surface area contributed by atoms with Crippen molar-refractivity contribution in [2.24, 2.45) is 5.10 Å². The number of sulfone groups is 1. The Kier molecular flexibility index (Phi) is 9.10. The van der Waals surface area contributed by atoms with E-state index in [1.807, 2.05) is 5.43 Å². The average molecular weight is 623 g/mol. The molecule has 0 aliphatic heterocycles. The molecule has 214 valence electrons. The molecule has 1 amide bonds. The van der Waals surface area contributed by atoms with Crippen molar-refractivity contribution in [3.8, 4) is 11.8 Å². The van der Waals surface area contributed by atoms with Crippen LogP contribution >= 0.6 is 23.2 Å². The maximum Gasteiger partial charge on any atom is 0.502 e. The molecule has 0 aliphatic carbocycles. The van der Waals surface area contributed by atoms with Gasteiger partial charge in [-0.2, -0.15) is 41.8 Å². The zero-order chi connectivity index (χ0) is 30.1. The molecule has 0 saturated carbocycles. The highest BCUT2D eigenvalue weighted by molar-refractivity contribution is 7.92. The Labute approximate surface area is 227 Å². The van der Waals surface area contributed by atoms with Gasteiger partial charge in [-0.25, -0.2) is 23.3 Å². The maximum absolute atomic E-state index is 13.5. The Morgan fingerprint density at radius 1 is 1.21 bits per heavy atom. The van der Waals surface area contributed by atoms with Crippen molar-refractivity contribution in [1.29, 1.82) is 5.26 Å². The van der Waals surface area contributed by atoms with Gasteiger partial charge in [0.05, 0.1) is 22.2 Å². The molecule has 1 aromatic heterocycles. The summed E-state index contributed by atoms with van der Waals surface area (Å²) in [5, 5.41) is 14.9. The fraction of sp³-hybridized carbons (Fsp3) is 0.400. The number of hydrazone groups is 1. The number of rotatable bonds is 6. The van der Waals surface area contributed by atoms with E-state index in [0.29, 0.717) is 16.8 Å². The van der Waals surface area contributed by atoms with E-state index < -0.39 is 77.5 Å². The molecule has 39 heavy (non-hydrogen) atoms. The van der Waals surface area contributed by atoms with Crippen LogP contribution in [0.25, 0.3) is 5.69 Å². The number of benzene rings is 1. The number of carbonyl (C=O) groups is 1. The van der Waals surface area contributed by atoms with Crippen LogP contribution in [0.2, 0.25) is 10.0 Å². The van der Waals surface area contributed by atoms with E-state index >= 15 is 0 Å². The molecule has 1 heterocycles. The molecule has 0 unspecified atom stereocenters. The SMILES string of the molecule is CN(C/C=N/NC(=O)OC(C)(C)C)c1c(S(=O)(=O)C(F)(F)F)c(C#N)nn1-c1c(Cl)cc(C(F)(F)F)cc1Cl. The molecule has 1 N–H and O–H groups in total. The van der Waals surface area contributed by atoms with Gasteiger partial charge < -0.3 is 9.64 Å². The highest BCUT2D eigenvalue weighted by atomic mass is 35.5. The lowest BCUT2D eigenvalue weighted by Crippen LogP contribution is -2.31. The Morgan fingerprint density at radius 2 is 1.74 bits per heavy atom. The number of nitrogens with zero attached hydrogens (tertiary/aromatic N) is 5. The second-order valence-electron chi connectivity index (χ2n) is 8.57. The number of anilines is 1. The molecule has 19 heteroatoms. The molecular weight excluding hydrogens is 605 g/mol. The minimum absolute atomic E-state index is 0.393. The van der Waals surface area contributed by atoms with Crippen molar-refractivity contribution >= 4 is 51.2 Å². The second kappa shape index (κ2) is 11.1. The number of nitrogens with one attached hydrogen (secondary N) is 1. The van der Waals surface area contributed by atoms with Crippen LogP contribution < -0.4 is 10.3 Å². The Morgan fingerprint density at radius 3 is 2.18 bits per heavy atom. The standard InChI is InChI=1S/C20H18Cl2F6N6O4S/c1-18(2,3)38-17(35)31-30-5-6-33(4)16-15(39(36,37)20(26,27)28)13(9-29)32-34(16)14-11(21)7-10(8-12(14)22)19(23,24)25/h5,7-8H,6H2,1-4H3,(H,31,35)/b30-5+. The monoisotopic (exact) mass is 622 g/mol. The summed E-state index contributed by atoms with van der Waals surface area (Å²) < 4.78 is 110. The lowest BCUT2D eigenvalue weighted by atomic mass is 10.2. The van der Waals surface area contributed by atoms with E-state index in [1.165, 1.54) is 6.07 Å². The number of nitriles is 1. The zero-order valence-electron chi connectivity index (χ0n) is 20.2. The van der Waals surface area contributed by atoms with Crippen molar-refractivity contribution in [3.05, 3.63) is 33.4 Å². The summed E-state index contributed by atoms with van der Waals surface area (Å²) in [6.45, 7) is 4.18. The largest absolute Gasteiger partial charge is 0.502 e. The molecule has 0 spiro atoms. The molecule has 0 aliphatic rings. The lowest BCUT2D eigenvalue weighted by molar-refractivity contribution is -0.137. The first kappa shape index (κ1) is 32.0. The number of aromatic nitrogens is 2. The summed E-state index contributed by atoms with van der Waals surface area (Å²) in [6.07, 6.45) is -4.97. The molecule has 1 aromatic carbocycles. The van der Waals surface area contributed by atoms with Crippen molar-refractivity contribution < 1.29 is 44.3 Å². The predicted octanol–water partition coefficient (Wildman–Crippen LogP) is 5.31. The fourth-order valence-electron chi connectivity index (χ4n) is 2.90. The fourth-order valence-corrected chi connectivity index (χ4v) is 4.60. The minimum Gasteiger partial charge on any atom is -0.443 e. The molecular formula is C20H18Cl2F6N6O4S. The van der Waals surface area contributed by atoms with Gasteiger partial charge in [0.2, 0.25) is 0 Å². The third kappa shape index (κ3) is 7.25. The molecule has 0 bridgehead atoms. The van der Waals surface area contributed by atoms with Crippen LogP contribution in [0.3, 0.4) is 0 Å². The van der Waals surface area contributed by atoms with E-state index in [4.69, 9.17) is 27.9 Å². The molecule has 2 aromatic rings. The summed E-state index contributed by atoms with van der Waals surface area (Å²) in [7, 11) is -5.20. The van der Waals surface area contributed by atoms with Crippen molar-refractivity contribution in [2.45, 2.75) is 43.0 Å². The van der Waals surface area contributed by atoms with Crippen LogP contribution in [-0.4, -0.2) is 55.2 Å². The van der Waals surface area contributed by atoms with Gasteiger partial charge in [-0.05, 0) is 32.9 Å². The molecule has 0 fully saturated rings. The molecule has 10 nitrogen and oxygen atoms in total. The molecule has 0 saturated heterocycles. The van der Waals surface area contributed by atoms with Crippen LogP contribution in [0.4, 0.5) is 37.0 Å². The topological polar surface area (TPSA) is 130 Å². The summed E-state index contributed by atoms with van der Waals surface area (Å²) >= 11 is 11.9. The summed E-state index contributed by atoms with van der Waals surface area (Å²) in [4.78, 5) is 10.9. The van der Waals surface area contributed by atoms with E-state index in [9.17, 15) is 44.8 Å². The van der Waals surface area contributed by atoms with Gasteiger partial charge in [0.25, 0.3) is 9.84 Å². The van der Waals surface area contributed by atoms with E-state index in [-0.39, 0.29) is 0 Å². The van der Waals surface area contributed by atoms with Crippen molar-refractivity contribution in [3.63, 3.8) is 0 Å². The van der Waals surface area contributed by atoms with Gasteiger partial charge in [0.15, 0.2) is 16.4 Å². The average Bonchev–Trinajstić information content (AvgIpc) is 3.13. The number of halogens is 8. The second-order valence-corrected chi connectivity index (χ2v) is 11.3. The smallest absolute Gasteiger partial charge is 0.443 e. The van der Waals surface area contributed by atoms with Crippen LogP contribution in [0.15, 0.2) is 22.1 Å². The van der Waals surface area contributed by atoms with E-state index in [0.717, 1.165) is 18.2 Å². The minimum atomic E-state index is -6.25. The summed E-state index contributed by atoms with van der Waals surface area (Å²) in [6, 6.07) is 2.01. The first-order valence-electron chi connectivity index (χ1n) is 10.2. The van der Waals surface area contributed by atoms with Crippen LogP contribution in [0.5, 0.6) is 0 Å². The molecule has 0 radical (unpaired) electrons. The lowest BCUT2D eigenvalue weighted by Gasteiger charge is -2.22. The number of amides is 1. The van der Waals surface area contributed by atoms with Gasteiger partial charge >= 0.3 is 17.8 Å². The normalized spacial score (nSPS) is 12.9. The maximum atomic E-state index is 13.5. The number of hydrogen-bond donors (Lipinski definition) is 1. The molecule has 0 atom stereocenters. The van der Waals surface area contributed by atoms with Gasteiger partial charge in [0, 0.05) is 13.3 Å². The van der Waals surface area contributed by atoms with Crippen LogP contribution in [0, 0.1) is 11.3 Å². The number of ether oxygens (including phenoxy) is 1. The predicted molar refractivity (Wildman–Crippen MR) is 128 cm³/mol. The number of carbonyl (C=O) groups excluding carboxylic acids is 1. The van der Waals surface area contributed by atoms with Gasteiger partial charge in [0.1, 0.15) is 17.4 Å². The summed E-state index contributed by atoms with van der Waals surface area (Å²) in [5.74, 6) is -0.934. The summed E-state index contributed by atoms with van der Waals surface area (Å²) in [5.41, 5.74) is -8.00. The number of alkyl halides is 6. The van der Waals surface area contributed by atoms with Crippen LogP contribution in [-0.2, 0) is 20.8 Å². The highest BCUT2D eigenvalue weighted by Gasteiger charge is 2.51. The first-order valence-corrected chi connectivity index (χ1v) is 12.5. The van der Waals surface area contributed by atoms with Crippen molar-refractivity contribution in [2.75, 3.05) is 18.5 Å². The highest BCUT2D eigenvalue weighted by Crippen LogP contribution is 2.43. The zero-order valence-corrected chi connectivity index (χ0v) is 22.6. The van der Waals surface area contributed by atoms with E-state index in [2.05, 4.69) is 10.2 Å². The molecule has 2 rings (SSSR count). The third-order valence-corrected chi connectivity index (χ3v) is 6.52. The Hall–Kier alpha value is -3.23. The van der Waals surface area contributed by atoms with Gasteiger partial charge in [-0.3, -0.25) is 0 Å². The number of hydrogen-bond acceptors (Lipinski definition) is 8. The van der Waals surface area contributed by atoms with E-state index in [1.54, 1.807) is 20.8 Å². The van der Waals surface area contributed by atoms with Crippen LogP contribution in [0.1, 0.15) is 32.0 Å². The Bertz CT molecular complexity index is 1420. The van der Waals surface area contributed by atoms with Gasteiger partial charge in [-0.15, -0.1) is 0 Å². The Balaban J connectivity index is 2.72.